The van der Waals surface area contributed by atoms with Crippen LogP contribution in [-0.4, -0.2) is 36.5 Å². The lowest BCUT2D eigenvalue weighted by atomic mass is 10.0. The minimum absolute atomic E-state index is 0.295. The van der Waals surface area contributed by atoms with Crippen molar-refractivity contribution >= 4 is 5.91 Å². The maximum absolute atomic E-state index is 12.7. The molecule has 108 valence electrons. The van der Waals surface area contributed by atoms with E-state index >= 15 is 0 Å². The fraction of sp³-hybridized carbons (Fsp3) is 0.812. The molecule has 1 aliphatic carbocycles. The van der Waals surface area contributed by atoms with E-state index in [0.29, 0.717) is 17.9 Å². The van der Waals surface area contributed by atoms with E-state index in [-0.39, 0.29) is 0 Å². The molecule has 1 saturated heterocycles. The van der Waals surface area contributed by atoms with Crippen LogP contribution in [0.25, 0.3) is 0 Å². The van der Waals surface area contributed by atoms with Gasteiger partial charge >= 0.3 is 0 Å². The van der Waals surface area contributed by atoms with E-state index in [4.69, 9.17) is 0 Å². The molecule has 0 aromatic rings. The predicted octanol–water partition coefficient (Wildman–Crippen LogP) is 2.72. The van der Waals surface area contributed by atoms with Crippen LogP contribution in [0.15, 0.2) is 11.1 Å². The van der Waals surface area contributed by atoms with Crippen molar-refractivity contribution in [1.82, 2.24) is 10.2 Å². The van der Waals surface area contributed by atoms with Crippen LogP contribution >= 0.6 is 0 Å². The van der Waals surface area contributed by atoms with Crippen LogP contribution in [0.5, 0.6) is 0 Å². The lowest BCUT2D eigenvalue weighted by Crippen LogP contribution is -2.43. The molecule has 0 radical (unpaired) electrons. The Labute approximate surface area is 117 Å². The van der Waals surface area contributed by atoms with Crippen LogP contribution in [0.3, 0.4) is 0 Å². The quantitative estimate of drug-likeness (QED) is 0.774. The van der Waals surface area contributed by atoms with Gasteiger partial charge in [-0.15, -0.1) is 0 Å². The molecule has 1 N–H and O–H groups in total. The Morgan fingerprint density at radius 1 is 1.32 bits per heavy atom. The van der Waals surface area contributed by atoms with Crippen LogP contribution < -0.4 is 5.32 Å². The number of amides is 1. The average molecular weight is 264 g/mol. The van der Waals surface area contributed by atoms with E-state index in [1.54, 1.807) is 0 Å². The van der Waals surface area contributed by atoms with Gasteiger partial charge in [-0.05, 0) is 37.7 Å². The van der Waals surface area contributed by atoms with Crippen molar-refractivity contribution in [2.45, 2.75) is 58.9 Å². The van der Waals surface area contributed by atoms with Crippen molar-refractivity contribution in [3.63, 3.8) is 0 Å². The first kappa shape index (κ1) is 14.6. The minimum atomic E-state index is 0.295. The first-order chi connectivity index (χ1) is 9.09. The van der Waals surface area contributed by atoms with E-state index in [9.17, 15) is 4.79 Å². The zero-order valence-electron chi connectivity index (χ0n) is 12.7. The SMILES string of the molecule is CC(C(=O)N(CCC(C)C)C1CCCC1)=C1CNC1. The Morgan fingerprint density at radius 2 is 1.95 bits per heavy atom. The highest BCUT2D eigenvalue weighted by molar-refractivity contribution is 5.94. The first-order valence-electron chi connectivity index (χ1n) is 7.80. The number of carbonyl (C=O) groups excluding carboxylic acids is 1. The van der Waals surface area contributed by atoms with E-state index in [1.807, 2.05) is 6.92 Å². The maximum atomic E-state index is 12.7. The van der Waals surface area contributed by atoms with E-state index in [1.165, 1.54) is 31.3 Å². The Bertz CT molecular complexity index is 348. The fourth-order valence-electron chi connectivity index (χ4n) is 2.94. The molecule has 19 heavy (non-hydrogen) atoms. The molecular weight excluding hydrogens is 236 g/mol. The second kappa shape index (κ2) is 6.56. The third-order valence-electron chi connectivity index (χ3n) is 4.50. The number of hydrogen-bond acceptors (Lipinski definition) is 2. The molecule has 3 heteroatoms. The van der Waals surface area contributed by atoms with Gasteiger partial charge in [0.1, 0.15) is 0 Å². The lowest BCUT2D eigenvalue weighted by Gasteiger charge is -2.32. The number of hydrogen-bond donors (Lipinski definition) is 1. The third kappa shape index (κ3) is 3.59. The second-order valence-corrected chi connectivity index (χ2v) is 6.45. The highest BCUT2D eigenvalue weighted by Crippen LogP contribution is 2.26. The van der Waals surface area contributed by atoms with E-state index < -0.39 is 0 Å². The zero-order chi connectivity index (χ0) is 13.8. The summed E-state index contributed by atoms with van der Waals surface area (Å²) < 4.78 is 0. The highest BCUT2D eigenvalue weighted by Gasteiger charge is 2.28. The summed E-state index contributed by atoms with van der Waals surface area (Å²) in [6, 6.07) is 0.495. The van der Waals surface area contributed by atoms with Gasteiger partial charge in [0.25, 0.3) is 0 Å². The Kier molecular flexibility index (Phi) is 5.03. The smallest absolute Gasteiger partial charge is 0.249 e. The van der Waals surface area contributed by atoms with Gasteiger partial charge in [0.15, 0.2) is 0 Å². The molecule has 0 aromatic heterocycles. The van der Waals surface area contributed by atoms with Crippen LogP contribution in [-0.2, 0) is 4.79 Å². The van der Waals surface area contributed by atoms with Gasteiger partial charge in [-0.3, -0.25) is 4.79 Å². The number of rotatable bonds is 5. The predicted molar refractivity (Wildman–Crippen MR) is 79.0 cm³/mol. The molecule has 2 fully saturated rings. The number of nitrogens with one attached hydrogen (secondary N) is 1. The third-order valence-corrected chi connectivity index (χ3v) is 4.50. The normalized spacial score (nSPS) is 19.7. The molecule has 2 rings (SSSR count). The summed E-state index contributed by atoms with van der Waals surface area (Å²) in [6.07, 6.45) is 6.08. The summed E-state index contributed by atoms with van der Waals surface area (Å²) in [5.41, 5.74) is 2.30. The van der Waals surface area contributed by atoms with Gasteiger partial charge in [-0.25, -0.2) is 0 Å². The molecule has 0 unspecified atom stereocenters. The standard InChI is InChI=1S/C16H28N2O/c1-12(2)8-9-18(15-6-4-5-7-15)16(19)13(3)14-10-17-11-14/h12,15,17H,4-11H2,1-3H3. The van der Waals surface area contributed by atoms with Gasteiger partial charge < -0.3 is 10.2 Å². The molecule has 1 amide bonds. The van der Waals surface area contributed by atoms with E-state index in [0.717, 1.165) is 31.6 Å². The topological polar surface area (TPSA) is 32.3 Å². The van der Waals surface area contributed by atoms with Crippen molar-refractivity contribution in [1.29, 1.82) is 0 Å². The van der Waals surface area contributed by atoms with Crippen LogP contribution in [0.4, 0.5) is 0 Å². The molecule has 0 atom stereocenters. The molecule has 3 nitrogen and oxygen atoms in total. The van der Waals surface area contributed by atoms with Gasteiger partial charge in [-0.1, -0.05) is 26.7 Å². The largest absolute Gasteiger partial charge is 0.336 e. The molecule has 0 bridgehead atoms. The average Bonchev–Trinajstić information content (AvgIpc) is 2.79. The summed E-state index contributed by atoms with van der Waals surface area (Å²) in [7, 11) is 0. The first-order valence-corrected chi connectivity index (χ1v) is 7.80. The summed E-state index contributed by atoms with van der Waals surface area (Å²) in [4.78, 5) is 14.9. The molecular formula is C16H28N2O. The van der Waals surface area contributed by atoms with Crippen LogP contribution in [0, 0.1) is 5.92 Å². The lowest BCUT2D eigenvalue weighted by molar-refractivity contribution is -0.129. The molecule has 1 aliphatic heterocycles. The summed E-state index contributed by atoms with van der Waals surface area (Å²) in [6.45, 7) is 9.21. The summed E-state index contributed by atoms with van der Waals surface area (Å²) in [5.74, 6) is 0.957. The van der Waals surface area contributed by atoms with Gasteiger partial charge in [0.2, 0.25) is 5.91 Å². The molecule has 0 spiro atoms. The Morgan fingerprint density at radius 3 is 2.42 bits per heavy atom. The van der Waals surface area contributed by atoms with Gasteiger partial charge in [0.05, 0.1) is 0 Å². The number of nitrogens with zero attached hydrogens (tertiary/aromatic N) is 1. The summed E-state index contributed by atoms with van der Waals surface area (Å²) >= 11 is 0. The molecule has 1 saturated carbocycles. The van der Waals surface area contributed by atoms with Crippen molar-refractivity contribution in [3.8, 4) is 0 Å². The van der Waals surface area contributed by atoms with Crippen molar-refractivity contribution in [2.24, 2.45) is 5.92 Å². The highest BCUT2D eigenvalue weighted by atomic mass is 16.2. The Balaban J connectivity index is 2.04. The van der Waals surface area contributed by atoms with Crippen LogP contribution in [0.1, 0.15) is 52.9 Å². The number of carbonyl (C=O) groups is 1. The Hall–Kier alpha value is -0.830. The maximum Gasteiger partial charge on any atom is 0.249 e. The fourth-order valence-corrected chi connectivity index (χ4v) is 2.94. The molecule has 0 aromatic carbocycles. The van der Waals surface area contributed by atoms with Crippen molar-refractivity contribution in [2.75, 3.05) is 19.6 Å². The van der Waals surface area contributed by atoms with Gasteiger partial charge in [-0.2, -0.15) is 0 Å². The molecule has 1 heterocycles. The second-order valence-electron chi connectivity index (χ2n) is 6.45. The minimum Gasteiger partial charge on any atom is -0.336 e. The monoisotopic (exact) mass is 264 g/mol. The van der Waals surface area contributed by atoms with E-state index in [2.05, 4.69) is 24.1 Å². The zero-order valence-corrected chi connectivity index (χ0v) is 12.7. The summed E-state index contributed by atoms with van der Waals surface area (Å²) in [5, 5.41) is 3.23. The molecule has 2 aliphatic rings. The van der Waals surface area contributed by atoms with Crippen molar-refractivity contribution in [3.05, 3.63) is 11.1 Å². The van der Waals surface area contributed by atoms with Crippen LogP contribution in [0.2, 0.25) is 0 Å². The van der Waals surface area contributed by atoms with Gasteiger partial charge in [0, 0.05) is 31.2 Å². The van der Waals surface area contributed by atoms with Crippen molar-refractivity contribution < 1.29 is 4.79 Å².